The van der Waals surface area contributed by atoms with Gasteiger partial charge in [-0.2, -0.15) is 5.26 Å². The van der Waals surface area contributed by atoms with Crippen LogP contribution in [0.3, 0.4) is 0 Å². The third-order valence-corrected chi connectivity index (χ3v) is 4.03. The summed E-state index contributed by atoms with van der Waals surface area (Å²) in [5.74, 6) is 0.0641. The Hall–Kier alpha value is -3.43. The van der Waals surface area contributed by atoms with E-state index in [-0.39, 0.29) is 5.91 Å². The van der Waals surface area contributed by atoms with Crippen molar-refractivity contribution in [3.8, 4) is 6.07 Å². The number of hydrogen-bond acceptors (Lipinski definition) is 5. The van der Waals surface area contributed by atoms with E-state index < -0.39 is 0 Å². The molecule has 1 amide bonds. The van der Waals surface area contributed by atoms with Gasteiger partial charge < -0.3 is 10.6 Å². The van der Waals surface area contributed by atoms with Crippen LogP contribution < -0.4 is 10.6 Å². The minimum Gasteiger partial charge on any atom is -0.354 e. The summed E-state index contributed by atoms with van der Waals surface area (Å²) in [6, 6.07) is 16.5. The minimum atomic E-state index is -0.372. The van der Waals surface area contributed by atoms with Crippen molar-refractivity contribution >= 4 is 29.1 Å². The molecular formula is C20H16ClN5O. The van der Waals surface area contributed by atoms with E-state index >= 15 is 0 Å². The number of carbonyl (C=O) groups excluding carboxylic acids is 1. The van der Waals surface area contributed by atoms with Crippen LogP contribution >= 0.6 is 11.6 Å². The van der Waals surface area contributed by atoms with E-state index in [0.717, 1.165) is 12.0 Å². The van der Waals surface area contributed by atoms with Gasteiger partial charge in [-0.3, -0.25) is 4.79 Å². The smallest absolute Gasteiger partial charge is 0.258 e. The van der Waals surface area contributed by atoms with Crippen molar-refractivity contribution in [1.82, 2.24) is 9.97 Å². The van der Waals surface area contributed by atoms with Crippen molar-refractivity contribution in [2.75, 3.05) is 17.2 Å². The Bertz CT molecular complexity index is 982. The molecule has 3 aromatic rings. The number of nitriles is 1. The third-order valence-electron chi connectivity index (χ3n) is 3.80. The second kappa shape index (κ2) is 8.79. The maximum Gasteiger partial charge on any atom is 0.258 e. The first-order valence-corrected chi connectivity index (χ1v) is 8.64. The molecule has 0 saturated heterocycles. The summed E-state index contributed by atoms with van der Waals surface area (Å²) in [5.41, 5.74) is 2.27. The summed E-state index contributed by atoms with van der Waals surface area (Å²) in [6.07, 6.45) is 3.66. The van der Waals surface area contributed by atoms with Gasteiger partial charge in [0.25, 0.3) is 5.91 Å². The molecule has 0 aliphatic heterocycles. The topological polar surface area (TPSA) is 90.7 Å². The number of nitrogens with zero attached hydrogens (tertiary/aromatic N) is 3. The fourth-order valence-corrected chi connectivity index (χ4v) is 2.64. The number of rotatable bonds is 6. The van der Waals surface area contributed by atoms with Crippen LogP contribution in [-0.4, -0.2) is 22.4 Å². The van der Waals surface area contributed by atoms with Crippen LogP contribution in [0.2, 0.25) is 5.02 Å². The van der Waals surface area contributed by atoms with Gasteiger partial charge in [0.1, 0.15) is 6.07 Å². The molecule has 1 aromatic heterocycles. The number of benzene rings is 2. The molecule has 0 fully saturated rings. The van der Waals surface area contributed by atoms with Crippen molar-refractivity contribution in [3.63, 3.8) is 0 Å². The number of nitrogens with one attached hydrogen (secondary N) is 2. The number of para-hydroxylation sites is 1. The largest absolute Gasteiger partial charge is 0.354 e. The van der Waals surface area contributed by atoms with E-state index in [4.69, 9.17) is 16.9 Å². The molecule has 0 spiro atoms. The second-order valence-corrected chi connectivity index (χ2v) is 6.15. The van der Waals surface area contributed by atoms with Gasteiger partial charge >= 0.3 is 0 Å². The molecule has 2 N–H and O–H groups in total. The van der Waals surface area contributed by atoms with Crippen molar-refractivity contribution in [3.05, 3.63) is 82.6 Å². The Balaban J connectivity index is 1.56. The molecule has 0 unspecified atom stereocenters. The number of anilines is 2. The summed E-state index contributed by atoms with van der Waals surface area (Å²) < 4.78 is 0. The summed E-state index contributed by atoms with van der Waals surface area (Å²) >= 11 is 5.96. The van der Waals surface area contributed by atoms with E-state index in [0.29, 0.717) is 34.3 Å². The molecule has 1 heterocycles. The average molecular weight is 378 g/mol. The number of amides is 1. The van der Waals surface area contributed by atoms with Gasteiger partial charge in [0.15, 0.2) is 0 Å². The molecule has 3 rings (SSSR count). The van der Waals surface area contributed by atoms with E-state index in [1.807, 2.05) is 30.3 Å². The monoisotopic (exact) mass is 377 g/mol. The molecule has 0 radical (unpaired) electrons. The van der Waals surface area contributed by atoms with Crippen molar-refractivity contribution < 1.29 is 4.79 Å². The van der Waals surface area contributed by atoms with Crippen LogP contribution in [0.1, 0.15) is 21.5 Å². The summed E-state index contributed by atoms with van der Waals surface area (Å²) in [6.45, 7) is 0.640. The highest BCUT2D eigenvalue weighted by atomic mass is 35.5. The molecule has 0 saturated carbocycles. The Morgan fingerprint density at radius 2 is 1.89 bits per heavy atom. The molecule has 0 atom stereocenters. The van der Waals surface area contributed by atoms with Gasteiger partial charge in [-0.15, -0.1) is 0 Å². The van der Waals surface area contributed by atoms with Crippen LogP contribution in [-0.2, 0) is 6.42 Å². The molecule has 0 aliphatic rings. The number of carbonyl (C=O) groups is 1. The highest BCUT2D eigenvalue weighted by molar-refractivity contribution is 6.30. The lowest BCUT2D eigenvalue weighted by Gasteiger charge is -2.08. The maximum atomic E-state index is 12.3. The van der Waals surface area contributed by atoms with Gasteiger partial charge in [-0.25, -0.2) is 9.97 Å². The fraction of sp³-hybridized carbons (Fsp3) is 0.100. The van der Waals surface area contributed by atoms with Crippen LogP contribution in [0.5, 0.6) is 0 Å². The van der Waals surface area contributed by atoms with Gasteiger partial charge in [-0.1, -0.05) is 35.9 Å². The highest BCUT2D eigenvalue weighted by Gasteiger charge is 2.10. The maximum absolute atomic E-state index is 12.3. The Morgan fingerprint density at radius 3 is 2.63 bits per heavy atom. The minimum absolute atomic E-state index is 0.308. The first kappa shape index (κ1) is 18.4. The van der Waals surface area contributed by atoms with Gasteiger partial charge in [-0.05, 0) is 36.2 Å². The SMILES string of the molecule is N#Cc1ccccc1NC(=O)c1cnc(NCCc2cccc(Cl)c2)nc1. The molecule has 134 valence electrons. The van der Waals surface area contributed by atoms with E-state index in [1.54, 1.807) is 24.3 Å². The van der Waals surface area contributed by atoms with Crippen LogP contribution in [0.15, 0.2) is 60.9 Å². The molecule has 6 nitrogen and oxygen atoms in total. The van der Waals surface area contributed by atoms with Crippen LogP contribution in [0.4, 0.5) is 11.6 Å². The average Bonchev–Trinajstić information content (AvgIpc) is 2.69. The predicted molar refractivity (Wildman–Crippen MR) is 105 cm³/mol. The molecule has 0 aliphatic carbocycles. The van der Waals surface area contributed by atoms with Gasteiger partial charge in [0.2, 0.25) is 5.95 Å². The van der Waals surface area contributed by atoms with E-state index in [9.17, 15) is 4.79 Å². The van der Waals surface area contributed by atoms with Gasteiger partial charge in [0.05, 0.1) is 16.8 Å². The normalized spacial score (nSPS) is 10.1. The zero-order valence-electron chi connectivity index (χ0n) is 14.3. The molecule has 2 aromatic carbocycles. The first-order valence-electron chi connectivity index (χ1n) is 8.26. The Morgan fingerprint density at radius 1 is 1.11 bits per heavy atom. The fourth-order valence-electron chi connectivity index (χ4n) is 2.43. The Kier molecular flexibility index (Phi) is 5.98. The molecule has 0 bridgehead atoms. The lowest BCUT2D eigenvalue weighted by molar-refractivity contribution is 0.102. The third kappa shape index (κ3) is 5.03. The predicted octanol–water partition coefficient (Wildman–Crippen LogP) is 3.91. The zero-order valence-corrected chi connectivity index (χ0v) is 15.1. The summed E-state index contributed by atoms with van der Waals surface area (Å²) in [4.78, 5) is 20.6. The van der Waals surface area contributed by atoms with E-state index in [2.05, 4.69) is 20.6 Å². The zero-order chi connectivity index (χ0) is 19.1. The quantitative estimate of drug-likeness (QED) is 0.679. The summed E-state index contributed by atoms with van der Waals surface area (Å²) in [7, 11) is 0. The molecular weight excluding hydrogens is 362 g/mol. The lowest BCUT2D eigenvalue weighted by Crippen LogP contribution is -2.14. The second-order valence-electron chi connectivity index (χ2n) is 5.71. The summed E-state index contributed by atoms with van der Waals surface area (Å²) in [5, 5.41) is 15.6. The molecule has 7 heteroatoms. The standard InChI is InChI=1S/C20H16ClN5O/c21-17-6-3-4-14(10-17)8-9-23-20-24-12-16(13-25-20)19(27)26-18-7-2-1-5-15(18)11-22/h1-7,10,12-13H,8-9H2,(H,26,27)(H,23,24,25). The lowest BCUT2D eigenvalue weighted by atomic mass is 10.1. The van der Waals surface area contributed by atoms with Crippen molar-refractivity contribution in [2.45, 2.75) is 6.42 Å². The first-order chi connectivity index (χ1) is 13.2. The van der Waals surface area contributed by atoms with Gasteiger partial charge in [0, 0.05) is 24.0 Å². The number of halogens is 1. The van der Waals surface area contributed by atoms with Crippen molar-refractivity contribution in [2.24, 2.45) is 0 Å². The Labute approximate surface area is 161 Å². The van der Waals surface area contributed by atoms with Crippen molar-refractivity contribution in [1.29, 1.82) is 5.26 Å². The van der Waals surface area contributed by atoms with E-state index in [1.165, 1.54) is 12.4 Å². The van der Waals surface area contributed by atoms with Crippen LogP contribution in [0.25, 0.3) is 0 Å². The number of aromatic nitrogens is 2. The highest BCUT2D eigenvalue weighted by Crippen LogP contribution is 2.15. The number of hydrogen-bond donors (Lipinski definition) is 2. The van der Waals surface area contributed by atoms with Crippen LogP contribution in [0, 0.1) is 11.3 Å². The molecule has 27 heavy (non-hydrogen) atoms.